The largest absolute Gasteiger partial charge is 0.462 e. The van der Waals surface area contributed by atoms with Gasteiger partial charge in [-0.1, -0.05) is 200 Å². The molecule has 0 aliphatic carbocycles. The summed E-state index contributed by atoms with van der Waals surface area (Å²) in [5.41, 5.74) is 0. The van der Waals surface area contributed by atoms with Crippen molar-refractivity contribution in [3.05, 3.63) is 122 Å². The zero-order chi connectivity index (χ0) is 44.9. The normalized spacial score (nSPS) is 13.3. The molecule has 0 saturated heterocycles. The Balaban J connectivity index is 4.39. The van der Waals surface area contributed by atoms with Gasteiger partial charge in [0.05, 0.1) is 6.61 Å². The molecule has 0 fully saturated rings. The molecule has 1 unspecified atom stereocenters. The molecule has 0 radical (unpaired) electrons. The minimum atomic E-state index is -0.593. The van der Waals surface area contributed by atoms with E-state index in [1.54, 1.807) is 0 Å². The van der Waals surface area contributed by atoms with Crippen molar-refractivity contribution in [2.45, 2.75) is 207 Å². The van der Waals surface area contributed by atoms with Crippen LogP contribution in [-0.4, -0.2) is 37.9 Å². The van der Waals surface area contributed by atoms with E-state index in [1.807, 2.05) is 6.08 Å². The number of carbonyl (C=O) groups excluding carboxylic acids is 2. The van der Waals surface area contributed by atoms with E-state index < -0.39 is 6.10 Å². The van der Waals surface area contributed by atoms with E-state index in [4.69, 9.17) is 14.2 Å². The average molecular weight is 857 g/mol. The Labute approximate surface area is 382 Å². The predicted octanol–water partition coefficient (Wildman–Crippen LogP) is 17.0. The Morgan fingerprint density at radius 2 is 0.758 bits per heavy atom. The molecule has 1 atom stereocenters. The second kappa shape index (κ2) is 51.6. The summed E-state index contributed by atoms with van der Waals surface area (Å²) >= 11 is 0. The second-order valence-corrected chi connectivity index (χ2v) is 15.9. The quantitative estimate of drug-likeness (QED) is 0.0347. The molecule has 0 aliphatic heterocycles. The first-order valence-corrected chi connectivity index (χ1v) is 25.1. The lowest BCUT2D eigenvalue weighted by Gasteiger charge is -2.18. The molecule has 0 aromatic heterocycles. The third-order valence-corrected chi connectivity index (χ3v) is 9.96. The van der Waals surface area contributed by atoms with Gasteiger partial charge in [0.2, 0.25) is 0 Å². The molecule has 5 nitrogen and oxygen atoms in total. The highest BCUT2D eigenvalue weighted by atomic mass is 16.6. The highest BCUT2D eigenvalue weighted by molar-refractivity contribution is 5.70. The van der Waals surface area contributed by atoms with Crippen molar-refractivity contribution in [3.63, 3.8) is 0 Å². The zero-order valence-electron chi connectivity index (χ0n) is 40.1. The van der Waals surface area contributed by atoms with E-state index >= 15 is 0 Å². The van der Waals surface area contributed by atoms with Gasteiger partial charge in [0.15, 0.2) is 6.10 Å². The third kappa shape index (κ3) is 49.0. The van der Waals surface area contributed by atoms with Crippen LogP contribution in [0.5, 0.6) is 0 Å². The number of unbranched alkanes of at least 4 members (excludes halogenated alkanes) is 13. The molecular formula is C57H92O5. The molecule has 5 heteroatoms. The van der Waals surface area contributed by atoms with E-state index in [0.717, 1.165) is 103 Å². The fraction of sp³-hybridized carbons (Fsp3) is 0.614. The van der Waals surface area contributed by atoms with Gasteiger partial charge in [-0.15, -0.1) is 0 Å². The van der Waals surface area contributed by atoms with Crippen LogP contribution in [0.4, 0.5) is 0 Å². The Hall–Kier alpha value is -3.70. The zero-order valence-corrected chi connectivity index (χ0v) is 40.1. The van der Waals surface area contributed by atoms with Crippen LogP contribution in [-0.2, 0) is 23.8 Å². The molecule has 0 bridgehead atoms. The van der Waals surface area contributed by atoms with Crippen molar-refractivity contribution in [1.29, 1.82) is 0 Å². The number of rotatable bonds is 44. The first kappa shape index (κ1) is 58.3. The molecule has 62 heavy (non-hydrogen) atoms. The van der Waals surface area contributed by atoms with Crippen molar-refractivity contribution in [2.75, 3.05) is 19.8 Å². The van der Waals surface area contributed by atoms with Crippen LogP contribution in [0, 0.1) is 0 Å². The number of hydrogen-bond donors (Lipinski definition) is 0. The van der Waals surface area contributed by atoms with E-state index in [-0.39, 0.29) is 31.6 Å². The minimum Gasteiger partial charge on any atom is -0.462 e. The van der Waals surface area contributed by atoms with Gasteiger partial charge in [-0.05, 0) is 109 Å². The lowest BCUT2D eigenvalue weighted by Crippen LogP contribution is -2.30. The monoisotopic (exact) mass is 857 g/mol. The third-order valence-electron chi connectivity index (χ3n) is 9.96. The molecule has 350 valence electrons. The number of ether oxygens (including phenoxy) is 3. The summed E-state index contributed by atoms with van der Waals surface area (Å²) in [6.45, 7) is 7.40. The molecule has 0 N–H and O–H groups in total. The molecule has 0 saturated carbocycles. The second-order valence-electron chi connectivity index (χ2n) is 15.9. The maximum atomic E-state index is 12.7. The molecule has 0 aromatic rings. The van der Waals surface area contributed by atoms with E-state index in [1.165, 1.54) is 57.8 Å². The molecular weight excluding hydrogens is 765 g/mol. The fourth-order valence-corrected chi connectivity index (χ4v) is 6.32. The summed E-state index contributed by atoms with van der Waals surface area (Å²) in [5, 5.41) is 0. The highest BCUT2D eigenvalue weighted by Gasteiger charge is 2.17. The smallest absolute Gasteiger partial charge is 0.306 e. The first-order valence-electron chi connectivity index (χ1n) is 25.1. The average Bonchev–Trinajstić information content (AvgIpc) is 3.27. The van der Waals surface area contributed by atoms with Gasteiger partial charge in [-0.25, -0.2) is 0 Å². The van der Waals surface area contributed by atoms with Crippen LogP contribution in [0.25, 0.3) is 0 Å². The van der Waals surface area contributed by atoms with E-state index in [2.05, 4.69) is 136 Å². The summed E-state index contributed by atoms with van der Waals surface area (Å²) in [6, 6.07) is 0. The number of allylic oxidation sites excluding steroid dienone is 20. The topological polar surface area (TPSA) is 61.8 Å². The van der Waals surface area contributed by atoms with Gasteiger partial charge in [-0.3, -0.25) is 9.59 Å². The maximum Gasteiger partial charge on any atom is 0.306 e. The lowest BCUT2D eigenvalue weighted by atomic mass is 10.1. The summed E-state index contributed by atoms with van der Waals surface area (Å²) in [6.07, 6.45) is 72.2. The molecule has 0 spiro atoms. The number of esters is 2. The van der Waals surface area contributed by atoms with Crippen LogP contribution in [0.15, 0.2) is 122 Å². The van der Waals surface area contributed by atoms with Gasteiger partial charge in [0, 0.05) is 19.4 Å². The van der Waals surface area contributed by atoms with Crippen LogP contribution >= 0.6 is 0 Å². The van der Waals surface area contributed by atoms with Crippen molar-refractivity contribution in [1.82, 2.24) is 0 Å². The number of hydrogen-bond acceptors (Lipinski definition) is 5. The van der Waals surface area contributed by atoms with Crippen LogP contribution in [0.1, 0.15) is 201 Å². The molecule has 0 aliphatic rings. The van der Waals surface area contributed by atoms with Gasteiger partial charge in [-0.2, -0.15) is 0 Å². The first-order chi connectivity index (χ1) is 30.6. The van der Waals surface area contributed by atoms with Crippen LogP contribution in [0.3, 0.4) is 0 Å². The fourth-order valence-electron chi connectivity index (χ4n) is 6.32. The summed E-state index contributed by atoms with van der Waals surface area (Å²) in [5.74, 6) is -0.522. The Bertz CT molecular complexity index is 1290. The Kier molecular flexibility index (Phi) is 48.6. The lowest BCUT2D eigenvalue weighted by molar-refractivity contribution is -0.162. The summed E-state index contributed by atoms with van der Waals surface area (Å²) in [7, 11) is 0. The van der Waals surface area contributed by atoms with Crippen LogP contribution < -0.4 is 0 Å². The molecule has 0 rings (SSSR count). The van der Waals surface area contributed by atoms with Crippen LogP contribution in [0.2, 0.25) is 0 Å². The SMILES string of the molecule is CC/C=C\C/C=C\C/C=C\C/C=C\CCCCCCCCC(=O)OCC(COCCCCCCCC/C=C\C/C=C\CCC)OC(=O)CC/C=C\C/C=C\C/C=C\C/C=C\CC. The van der Waals surface area contributed by atoms with Gasteiger partial charge in [0.25, 0.3) is 0 Å². The molecule has 0 amide bonds. The van der Waals surface area contributed by atoms with Crippen molar-refractivity contribution in [2.24, 2.45) is 0 Å². The van der Waals surface area contributed by atoms with Gasteiger partial charge in [0.1, 0.15) is 6.61 Å². The number of carbonyl (C=O) groups is 2. The predicted molar refractivity (Wildman–Crippen MR) is 269 cm³/mol. The summed E-state index contributed by atoms with van der Waals surface area (Å²) in [4.78, 5) is 25.3. The van der Waals surface area contributed by atoms with Gasteiger partial charge >= 0.3 is 11.9 Å². The highest BCUT2D eigenvalue weighted by Crippen LogP contribution is 2.12. The Morgan fingerprint density at radius 3 is 1.23 bits per heavy atom. The Morgan fingerprint density at radius 1 is 0.371 bits per heavy atom. The van der Waals surface area contributed by atoms with E-state index in [9.17, 15) is 9.59 Å². The van der Waals surface area contributed by atoms with E-state index in [0.29, 0.717) is 19.4 Å². The minimum absolute atomic E-state index is 0.0370. The summed E-state index contributed by atoms with van der Waals surface area (Å²) < 4.78 is 17.3. The molecule has 0 aromatic carbocycles. The standard InChI is InChI=1S/C57H92O5/c1-4-7-10-13-16-19-22-25-27-28-29-30-31-33-35-38-41-44-47-50-56(58)61-54-55(53-60-52-49-46-43-40-37-34-26-23-20-17-14-11-8-5-2)62-57(59)51-48-45-42-39-36-32-24-21-18-15-12-9-6-3/h7,9-12,14,16,18-21,23,25,27,29-30,32,36,42,45,55H,4-6,8,13,15,17,22,24,26,28,31,33-35,37-41,43-44,46-54H2,1-3H3/b10-7-,12-9-,14-11-,19-16-,21-18-,23-20-,27-25-,30-29-,36-32-,45-42-. The van der Waals surface area contributed by atoms with Gasteiger partial charge < -0.3 is 14.2 Å². The van der Waals surface area contributed by atoms with Crippen molar-refractivity contribution in [3.8, 4) is 0 Å². The van der Waals surface area contributed by atoms with Crippen molar-refractivity contribution >= 4 is 11.9 Å². The van der Waals surface area contributed by atoms with Crippen molar-refractivity contribution < 1.29 is 23.8 Å². The molecule has 0 heterocycles. The maximum absolute atomic E-state index is 12.7.